The van der Waals surface area contributed by atoms with Crippen LogP contribution >= 0.6 is 11.3 Å². The Hall–Kier alpha value is -1.53. The fraction of sp³-hybridized carbons (Fsp3) is 0.385. The molecule has 1 heterocycles. The van der Waals surface area contributed by atoms with Crippen molar-refractivity contribution in [1.82, 2.24) is 15.1 Å². The molecule has 0 atom stereocenters. The fourth-order valence-electron chi connectivity index (χ4n) is 1.74. The number of anilines is 1. The molecule has 2 rings (SSSR count). The highest BCUT2D eigenvalue weighted by Crippen LogP contribution is 2.17. The number of hydrogen-bond acceptors (Lipinski definition) is 5. The average Bonchev–Trinajstić information content (AvgIpc) is 2.80. The van der Waals surface area contributed by atoms with Crippen molar-refractivity contribution in [3.8, 4) is 0 Å². The zero-order chi connectivity index (χ0) is 13.7. The second-order valence-electron chi connectivity index (χ2n) is 4.29. The predicted octanol–water partition coefficient (Wildman–Crippen LogP) is 2.74. The van der Waals surface area contributed by atoms with Crippen molar-refractivity contribution in [3.05, 3.63) is 40.7 Å². The number of rotatable bonds is 6. The van der Waals surface area contributed by atoms with Crippen LogP contribution in [0.5, 0.6) is 0 Å². The summed E-state index contributed by atoms with van der Waals surface area (Å²) in [5.41, 5.74) is 0.696. The maximum Gasteiger partial charge on any atom is 0.205 e. The first kappa shape index (κ1) is 13.9. The Morgan fingerprint density at radius 3 is 2.79 bits per heavy atom. The lowest BCUT2D eigenvalue weighted by Gasteiger charge is -2.15. The lowest BCUT2D eigenvalue weighted by Crippen LogP contribution is -2.17. The Labute approximate surface area is 116 Å². The lowest BCUT2D eigenvalue weighted by molar-refractivity contribution is 0.312. The Morgan fingerprint density at radius 2 is 2.05 bits per heavy atom. The monoisotopic (exact) mass is 280 g/mol. The van der Waals surface area contributed by atoms with Gasteiger partial charge in [-0.05, 0) is 20.0 Å². The van der Waals surface area contributed by atoms with Crippen LogP contribution in [0.4, 0.5) is 9.52 Å². The summed E-state index contributed by atoms with van der Waals surface area (Å²) in [6.07, 6.45) is 0. The molecule has 1 aromatic carbocycles. The summed E-state index contributed by atoms with van der Waals surface area (Å²) in [6, 6.07) is 6.83. The summed E-state index contributed by atoms with van der Waals surface area (Å²) in [4.78, 5) is 2.02. The van der Waals surface area contributed by atoms with Crippen LogP contribution in [0.25, 0.3) is 0 Å². The van der Waals surface area contributed by atoms with Crippen molar-refractivity contribution in [2.45, 2.75) is 20.0 Å². The van der Waals surface area contributed by atoms with Crippen LogP contribution < -0.4 is 5.32 Å². The van der Waals surface area contributed by atoms with Crippen LogP contribution in [0.3, 0.4) is 0 Å². The van der Waals surface area contributed by atoms with Crippen LogP contribution in [0.15, 0.2) is 24.3 Å². The molecule has 0 spiro atoms. The lowest BCUT2D eigenvalue weighted by atomic mass is 10.2. The molecule has 0 fully saturated rings. The van der Waals surface area contributed by atoms with Crippen molar-refractivity contribution in [2.75, 3.05) is 18.9 Å². The molecule has 1 N–H and O–H groups in total. The van der Waals surface area contributed by atoms with E-state index in [4.69, 9.17) is 0 Å². The molecule has 0 aliphatic heterocycles. The first-order valence-electron chi connectivity index (χ1n) is 6.17. The van der Waals surface area contributed by atoms with Crippen molar-refractivity contribution >= 4 is 16.5 Å². The molecule has 0 unspecified atom stereocenters. The van der Waals surface area contributed by atoms with Crippen LogP contribution in [-0.4, -0.2) is 28.7 Å². The number of nitrogens with one attached hydrogen (secondary N) is 1. The molecule has 0 bridgehead atoms. The SMILES string of the molecule is CCNc1nnc(CN(C)Cc2ccccc2F)s1. The largest absolute Gasteiger partial charge is 0.360 e. The van der Waals surface area contributed by atoms with Gasteiger partial charge in [-0.2, -0.15) is 0 Å². The summed E-state index contributed by atoms with van der Waals surface area (Å²) in [6.45, 7) is 4.07. The Morgan fingerprint density at radius 1 is 1.26 bits per heavy atom. The van der Waals surface area contributed by atoms with E-state index in [1.165, 1.54) is 17.4 Å². The molecule has 0 aliphatic rings. The maximum atomic E-state index is 13.5. The van der Waals surface area contributed by atoms with Gasteiger partial charge >= 0.3 is 0 Å². The molecule has 6 heteroatoms. The van der Waals surface area contributed by atoms with Gasteiger partial charge in [-0.1, -0.05) is 29.5 Å². The number of aromatic nitrogens is 2. The van der Waals surface area contributed by atoms with E-state index >= 15 is 0 Å². The number of nitrogens with zero attached hydrogens (tertiary/aromatic N) is 3. The second kappa shape index (κ2) is 6.58. The normalized spacial score (nSPS) is 10.9. The minimum absolute atomic E-state index is 0.167. The maximum absolute atomic E-state index is 13.5. The highest BCUT2D eigenvalue weighted by molar-refractivity contribution is 7.15. The van der Waals surface area contributed by atoms with E-state index in [-0.39, 0.29) is 5.82 Å². The average molecular weight is 280 g/mol. The van der Waals surface area contributed by atoms with Gasteiger partial charge in [0.15, 0.2) is 0 Å². The minimum atomic E-state index is -0.167. The van der Waals surface area contributed by atoms with Gasteiger partial charge in [-0.25, -0.2) is 4.39 Å². The van der Waals surface area contributed by atoms with E-state index in [9.17, 15) is 4.39 Å². The molecule has 0 amide bonds. The summed E-state index contributed by atoms with van der Waals surface area (Å²) in [5, 5.41) is 13.0. The van der Waals surface area contributed by atoms with Gasteiger partial charge in [0, 0.05) is 18.7 Å². The minimum Gasteiger partial charge on any atom is -0.360 e. The van der Waals surface area contributed by atoms with Crippen LogP contribution in [0.2, 0.25) is 0 Å². The molecule has 0 radical (unpaired) electrons. The first-order chi connectivity index (χ1) is 9.19. The van der Waals surface area contributed by atoms with Gasteiger partial charge in [0.2, 0.25) is 5.13 Å². The summed E-state index contributed by atoms with van der Waals surface area (Å²) < 4.78 is 13.5. The van der Waals surface area contributed by atoms with Gasteiger partial charge in [-0.15, -0.1) is 10.2 Å². The van der Waals surface area contributed by atoms with Crippen molar-refractivity contribution in [3.63, 3.8) is 0 Å². The third kappa shape index (κ3) is 3.97. The summed E-state index contributed by atoms with van der Waals surface area (Å²) in [5.74, 6) is -0.167. The fourth-order valence-corrected chi connectivity index (χ4v) is 2.63. The number of hydrogen-bond donors (Lipinski definition) is 1. The third-order valence-corrected chi connectivity index (χ3v) is 3.46. The molecular weight excluding hydrogens is 263 g/mol. The van der Waals surface area contributed by atoms with Crippen molar-refractivity contribution in [1.29, 1.82) is 0 Å². The van der Waals surface area contributed by atoms with Crippen LogP contribution in [-0.2, 0) is 13.1 Å². The number of benzene rings is 1. The zero-order valence-electron chi connectivity index (χ0n) is 11.1. The van der Waals surface area contributed by atoms with E-state index in [1.54, 1.807) is 12.1 Å². The molecule has 1 aromatic heterocycles. The third-order valence-electron chi connectivity index (χ3n) is 2.60. The molecule has 0 aliphatic carbocycles. The molecule has 4 nitrogen and oxygen atoms in total. The van der Waals surface area contributed by atoms with Crippen molar-refractivity contribution in [2.24, 2.45) is 0 Å². The molecule has 102 valence electrons. The first-order valence-corrected chi connectivity index (χ1v) is 6.99. The van der Waals surface area contributed by atoms with Gasteiger partial charge < -0.3 is 5.32 Å². The smallest absolute Gasteiger partial charge is 0.205 e. The summed E-state index contributed by atoms with van der Waals surface area (Å²) in [7, 11) is 1.95. The predicted molar refractivity (Wildman–Crippen MR) is 75.6 cm³/mol. The van der Waals surface area contributed by atoms with Crippen molar-refractivity contribution < 1.29 is 4.39 Å². The van der Waals surface area contributed by atoms with Gasteiger partial charge in [0.25, 0.3) is 0 Å². The molecule has 0 saturated carbocycles. The van der Waals surface area contributed by atoms with E-state index in [0.29, 0.717) is 18.7 Å². The summed E-state index contributed by atoms with van der Waals surface area (Å²) >= 11 is 1.53. The zero-order valence-corrected chi connectivity index (χ0v) is 11.9. The Kier molecular flexibility index (Phi) is 4.81. The molecule has 0 saturated heterocycles. The quantitative estimate of drug-likeness (QED) is 0.883. The highest BCUT2D eigenvalue weighted by atomic mass is 32.1. The van der Waals surface area contributed by atoms with Crippen LogP contribution in [0.1, 0.15) is 17.5 Å². The Bertz CT molecular complexity index is 529. The second-order valence-corrected chi connectivity index (χ2v) is 5.36. The van der Waals surface area contributed by atoms with Gasteiger partial charge in [0.1, 0.15) is 10.8 Å². The molecule has 2 aromatic rings. The van der Waals surface area contributed by atoms with E-state index in [1.807, 2.05) is 24.9 Å². The Balaban J connectivity index is 1.93. The van der Waals surface area contributed by atoms with Crippen LogP contribution in [0, 0.1) is 5.82 Å². The van der Waals surface area contributed by atoms with Gasteiger partial charge in [-0.3, -0.25) is 4.90 Å². The van der Waals surface area contributed by atoms with E-state index in [0.717, 1.165) is 16.7 Å². The molecular formula is C13H17FN4S. The van der Waals surface area contributed by atoms with E-state index < -0.39 is 0 Å². The topological polar surface area (TPSA) is 41.1 Å². The van der Waals surface area contributed by atoms with Gasteiger partial charge in [0.05, 0.1) is 6.54 Å². The standard InChI is InChI=1S/C13H17FN4S/c1-3-15-13-17-16-12(19-13)9-18(2)8-10-6-4-5-7-11(10)14/h4-7H,3,8-9H2,1-2H3,(H,15,17). The number of halogens is 1. The highest BCUT2D eigenvalue weighted by Gasteiger charge is 2.09. The van der Waals surface area contributed by atoms with E-state index in [2.05, 4.69) is 15.5 Å². The molecule has 19 heavy (non-hydrogen) atoms.